The third-order valence-electron chi connectivity index (χ3n) is 3.00. The molecule has 1 saturated heterocycles. The molecule has 5 heteroatoms. The Bertz CT molecular complexity index is 441. The molecule has 1 aliphatic heterocycles. The smallest absolute Gasteiger partial charge is 0.147 e. The molecule has 17 heavy (non-hydrogen) atoms. The summed E-state index contributed by atoms with van der Waals surface area (Å²) < 4.78 is 0. The normalized spacial score (nSPS) is 20.1. The van der Waals surface area contributed by atoms with Crippen LogP contribution in [0.1, 0.15) is 18.9 Å². The molecule has 0 aliphatic carbocycles. The Morgan fingerprint density at radius 2 is 2.53 bits per heavy atom. The molecule has 0 aromatic carbocycles. The summed E-state index contributed by atoms with van der Waals surface area (Å²) in [6, 6.07) is 4.20. The van der Waals surface area contributed by atoms with E-state index in [0.717, 1.165) is 31.9 Å². The van der Waals surface area contributed by atoms with Gasteiger partial charge in [0, 0.05) is 31.9 Å². The van der Waals surface area contributed by atoms with Crippen LogP contribution in [0.3, 0.4) is 0 Å². The van der Waals surface area contributed by atoms with Crippen LogP contribution in [-0.2, 0) is 0 Å². The van der Waals surface area contributed by atoms with Gasteiger partial charge in [-0.05, 0) is 12.5 Å². The average Bonchev–Trinajstić information content (AvgIpc) is 2.38. The number of rotatable bonds is 2. The molecule has 1 aromatic heterocycles. The van der Waals surface area contributed by atoms with Crippen molar-refractivity contribution in [2.24, 2.45) is 0 Å². The highest BCUT2D eigenvalue weighted by molar-refractivity contribution is 6.33. The van der Waals surface area contributed by atoms with Crippen molar-refractivity contribution in [3.63, 3.8) is 0 Å². The van der Waals surface area contributed by atoms with Gasteiger partial charge in [-0.2, -0.15) is 5.26 Å². The van der Waals surface area contributed by atoms with Crippen LogP contribution in [0.15, 0.2) is 12.3 Å². The molecule has 0 amide bonds. The van der Waals surface area contributed by atoms with Crippen molar-refractivity contribution in [3.05, 3.63) is 22.8 Å². The lowest BCUT2D eigenvalue weighted by Crippen LogP contribution is -2.50. The first kappa shape index (κ1) is 12.2. The molecule has 0 bridgehead atoms. The van der Waals surface area contributed by atoms with Crippen LogP contribution in [0.5, 0.6) is 0 Å². The van der Waals surface area contributed by atoms with Crippen LogP contribution in [0.4, 0.5) is 5.82 Å². The lowest BCUT2D eigenvalue weighted by Gasteiger charge is -2.34. The van der Waals surface area contributed by atoms with Gasteiger partial charge in [-0.3, -0.25) is 0 Å². The zero-order chi connectivity index (χ0) is 12.3. The number of piperazine rings is 1. The van der Waals surface area contributed by atoms with Crippen LogP contribution in [0.2, 0.25) is 5.02 Å². The zero-order valence-electron chi connectivity index (χ0n) is 9.78. The van der Waals surface area contributed by atoms with Crippen LogP contribution < -0.4 is 10.2 Å². The topological polar surface area (TPSA) is 52.0 Å². The Morgan fingerprint density at radius 3 is 3.18 bits per heavy atom. The van der Waals surface area contributed by atoms with Crippen molar-refractivity contribution in [1.82, 2.24) is 10.3 Å². The molecule has 1 fully saturated rings. The molecule has 0 spiro atoms. The highest BCUT2D eigenvalue weighted by Crippen LogP contribution is 2.24. The number of pyridine rings is 1. The van der Waals surface area contributed by atoms with E-state index in [-0.39, 0.29) is 0 Å². The second kappa shape index (κ2) is 5.35. The van der Waals surface area contributed by atoms with E-state index in [0.29, 0.717) is 16.6 Å². The van der Waals surface area contributed by atoms with Crippen LogP contribution in [0.25, 0.3) is 0 Å². The van der Waals surface area contributed by atoms with E-state index < -0.39 is 0 Å². The maximum absolute atomic E-state index is 8.77. The Hall–Kier alpha value is -1.31. The van der Waals surface area contributed by atoms with E-state index in [2.05, 4.69) is 22.1 Å². The molecule has 2 rings (SSSR count). The van der Waals surface area contributed by atoms with Crippen molar-refractivity contribution in [2.75, 3.05) is 24.5 Å². The molecule has 1 aromatic rings. The maximum atomic E-state index is 8.77. The van der Waals surface area contributed by atoms with Gasteiger partial charge in [0.05, 0.1) is 10.6 Å². The predicted octanol–water partition coefficient (Wildman–Crippen LogP) is 1.79. The fourth-order valence-electron chi connectivity index (χ4n) is 2.02. The summed E-state index contributed by atoms with van der Waals surface area (Å²) in [5.74, 6) is 0.783. The molecule has 2 heterocycles. The molecule has 0 saturated carbocycles. The van der Waals surface area contributed by atoms with Gasteiger partial charge < -0.3 is 10.2 Å². The number of nitrogens with zero attached hydrogens (tertiary/aromatic N) is 3. The summed E-state index contributed by atoms with van der Waals surface area (Å²) in [7, 11) is 0. The van der Waals surface area contributed by atoms with Crippen LogP contribution in [0, 0.1) is 11.3 Å². The third-order valence-corrected chi connectivity index (χ3v) is 3.28. The fraction of sp³-hybridized carbons (Fsp3) is 0.500. The summed E-state index contributed by atoms with van der Waals surface area (Å²) in [6.07, 6.45) is 2.66. The summed E-state index contributed by atoms with van der Waals surface area (Å²) in [5.41, 5.74) is 0.501. The molecule has 90 valence electrons. The second-order valence-corrected chi connectivity index (χ2v) is 4.55. The first-order valence-corrected chi connectivity index (χ1v) is 6.16. The van der Waals surface area contributed by atoms with Gasteiger partial charge in [-0.15, -0.1) is 0 Å². The number of halogens is 1. The summed E-state index contributed by atoms with van der Waals surface area (Å²) in [4.78, 5) is 6.46. The van der Waals surface area contributed by atoms with Crippen molar-refractivity contribution >= 4 is 17.4 Å². The first-order valence-electron chi connectivity index (χ1n) is 5.78. The van der Waals surface area contributed by atoms with E-state index in [4.69, 9.17) is 16.9 Å². The lowest BCUT2D eigenvalue weighted by atomic mass is 10.1. The van der Waals surface area contributed by atoms with Gasteiger partial charge in [0.15, 0.2) is 0 Å². The summed E-state index contributed by atoms with van der Waals surface area (Å²) in [6.45, 7) is 4.91. The summed E-state index contributed by atoms with van der Waals surface area (Å²) >= 11 is 6.16. The predicted molar refractivity (Wildman–Crippen MR) is 68.3 cm³/mol. The third kappa shape index (κ3) is 2.68. The lowest BCUT2D eigenvalue weighted by molar-refractivity contribution is 0.445. The van der Waals surface area contributed by atoms with Gasteiger partial charge in [0.1, 0.15) is 11.9 Å². The van der Waals surface area contributed by atoms with Gasteiger partial charge in [0.25, 0.3) is 0 Å². The monoisotopic (exact) mass is 250 g/mol. The molecular formula is C12H15ClN4. The SMILES string of the molecule is CC[C@H]1CN(c2ncc(C#N)cc2Cl)CCN1. The Kier molecular flexibility index (Phi) is 3.82. The van der Waals surface area contributed by atoms with E-state index in [1.807, 2.05) is 6.07 Å². The van der Waals surface area contributed by atoms with E-state index in [9.17, 15) is 0 Å². The molecule has 0 unspecified atom stereocenters. The van der Waals surface area contributed by atoms with Gasteiger partial charge in [0.2, 0.25) is 0 Å². The molecule has 0 radical (unpaired) electrons. The highest BCUT2D eigenvalue weighted by atomic mass is 35.5. The largest absolute Gasteiger partial charge is 0.353 e. The van der Waals surface area contributed by atoms with Crippen molar-refractivity contribution < 1.29 is 0 Å². The number of hydrogen-bond donors (Lipinski definition) is 1. The Balaban J connectivity index is 2.19. The molecule has 1 N–H and O–H groups in total. The minimum Gasteiger partial charge on any atom is -0.353 e. The van der Waals surface area contributed by atoms with E-state index in [1.54, 1.807) is 12.3 Å². The number of anilines is 1. The molecular weight excluding hydrogens is 236 g/mol. The average molecular weight is 251 g/mol. The van der Waals surface area contributed by atoms with Crippen LogP contribution >= 0.6 is 11.6 Å². The maximum Gasteiger partial charge on any atom is 0.147 e. The second-order valence-electron chi connectivity index (χ2n) is 4.15. The standard InChI is InChI=1S/C12H15ClN4/c1-2-10-8-17(4-3-15-10)12-11(13)5-9(6-14)7-16-12/h5,7,10,15H,2-4,8H2,1H3/t10-/m0/s1. The molecule has 4 nitrogen and oxygen atoms in total. The number of nitrogens with one attached hydrogen (secondary N) is 1. The number of nitriles is 1. The van der Waals surface area contributed by atoms with Crippen molar-refractivity contribution in [1.29, 1.82) is 5.26 Å². The Morgan fingerprint density at radius 1 is 1.71 bits per heavy atom. The molecule has 1 aliphatic rings. The van der Waals surface area contributed by atoms with Crippen molar-refractivity contribution in [3.8, 4) is 6.07 Å². The number of aromatic nitrogens is 1. The Labute approximate surface area is 106 Å². The fourth-order valence-corrected chi connectivity index (χ4v) is 2.30. The quantitative estimate of drug-likeness (QED) is 0.870. The van der Waals surface area contributed by atoms with Gasteiger partial charge >= 0.3 is 0 Å². The summed E-state index contributed by atoms with van der Waals surface area (Å²) in [5, 5.41) is 12.8. The van der Waals surface area contributed by atoms with Crippen LogP contribution in [-0.4, -0.2) is 30.7 Å². The highest BCUT2D eigenvalue weighted by Gasteiger charge is 2.20. The molecule has 1 atom stereocenters. The number of hydrogen-bond acceptors (Lipinski definition) is 4. The van der Waals surface area contributed by atoms with Gasteiger partial charge in [-0.25, -0.2) is 4.98 Å². The zero-order valence-corrected chi connectivity index (χ0v) is 10.5. The minimum absolute atomic E-state index is 0.484. The van der Waals surface area contributed by atoms with E-state index >= 15 is 0 Å². The first-order chi connectivity index (χ1) is 8.24. The van der Waals surface area contributed by atoms with E-state index in [1.165, 1.54) is 0 Å². The van der Waals surface area contributed by atoms with Gasteiger partial charge in [-0.1, -0.05) is 18.5 Å². The van der Waals surface area contributed by atoms with Crippen molar-refractivity contribution in [2.45, 2.75) is 19.4 Å². The minimum atomic E-state index is 0.484.